The molecule has 0 bridgehead atoms. The van der Waals surface area contributed by atoms with Crippen LogP contribution in [0.4, 0.5) is 0 Å². The zero-order chi connectivity index (χ0) is 12.3. The molecule has 5 nitrogen and oxygen atoms in total. The van der Waals surface area contributed by atoms with Gasteiger partial charge in [0.1, 0.15) is 0 Å². The van der Waals surface area contributed by atoms with Crippen molar-refractivity contribution in [3.8, 4) is 0 Å². The summed E-state index contributed by atoms with van der Waals surface area (Å²) in [4.78, 5) is 9.69. The standard InChI is InChI=1S/C11H17N5S/c1-3-8(2)14-10(12)13-6-9-7-16-4-5-17-11(16)15-9/h4-5,7-8H,3,6H2,1-2H3,(H3,12,13,14). The number of hydrogen-bond donors (Lipinski definition) is 2. The molecule has 0 fully saturated rings. The fourth-order valence-electron chi connectivity index (χ4n) is 1.42. The molecule has 1 atom stereocenters. The van der Waals surface area contributed by atoms with Crippen LogP contribution >= 0.6 is 11.3 Å². The molecule has 17 heavy (non-hydrogen) atoms. The van der Waals surface area contributed by atoms with Crippen LogP contribution in [-0.4, -0.2) is 21.4 Å². The molecule has 0 spiro atoms. The minimum Gasteiger partial charge on any atom is -0.370 e. The first-order chi connectivity index (χ1) is 8.19. The Morgan fingerprint density at radius 1 is 1.71 bits per heavy atom. The number of imidazole rings is 1. The highest BCUT2D eigenvalue weighted by Gasteiger charge is 2.02. The molecule has 0 aliphatic rings. The lowest BCUT2D eigenvalue weighted by atomic mass is 10.3. The molecular formula is C11H17N5S. The molecule has 6 heteroatoms. The highest BCUT2D eigenvalue weighted by atomic mass is 32.1. The summed E-state index contributed by atoms with van der Waals surface area (Å²) < 4.78 is 1.99. The van der Waals surface area contributed by atoms with Crippen LogP contribution < -0.4 is 11.1 Å². The molecule has 0 aliphatic carbocycles. The predicted octanol–water partition coefficient (Wildman–Crippen LogP) is 1.60. The van der Waals surface area contributed by atoms with Crippen molar-refractivity contribution >= 4 is 22.3 Å². The van der Waals surface area contributed by atoms with Gasteiger partial charge in [-0.2, -0.15) is 0 Å². The second-order valence-corrected chi connectivity index (χ2v) is 4.85. The second kappa shape index (κ2) is 5.18. The molecule has 1 unspecified atom stereocenters. The molecule has 2 aromatic rings. The molecule has 2 aromatic heterocycles. The second-order valence-electron chi connectivity index (χ2n) is 3.98. The van der Waals surface area contributed by atoms with Gasteiger partial charge in [-0.15, -0.1) is 11.3 Å². The highest BCUT2D eigenvalue weighted by Crippen LogP contribution is 2.11. The van der Waals surface area contributed by atoms with Crippen LogP contribution in [0.15, 0.2) is 22.8 Å². The Kier molecular flexibility index (Phi) is 3.63. The molecule has 3 N–H and O–H groups in total. The normalized spacial score (nSPS) is 14.1. The zero-order valence-electron chi connectivity index (χ0n) is 10.1. The maximum absolute atomic E-state index is 5.77. The van der Waals surface area contributed by atoms with E-state index in [1.54, 1.807) is 11.3 Å². The summed E-state index contributed by atoms with van der Waals surface area (Å²) in [5.41, 5.74) is 6.71. The Morgan fingerprint density at radius 2 is 2.53 bits per heavy atom. The topological polar surface area (TPSA) is 67.7 Å². The SMILES string of the molecule is CCC(C)NC(N)=NCc1cn2ccsc2n1. The van der Waals surface area contributed by atoms with E-state index < -0.39 is 0 Å². The van der Waals surface area contributed by atoms with Crippen molar-refractivity contribution in [2.24, 2.45) is 10.7 Å². The van der Waals surface area contributed by atoms with Crippen molar-refractivity contribution in [2.45, 2.75) is 32.9 Å². The number of nitrogens with one attached hydrogen (secondary N) is 1. The Labute approximate surface area is 104 Å². The van der Waals surface area contributed by atoms with Gasteiger partial charge in [-0.05, 0) is 13.3 Å². The van der Waals surface area contributed by atoms with Crippen LogP contribution in [0.2, 0.25) is 0 Å². The first-order valence-corrected chi connectivity index (χ1v) is 6.54. The lowest BCUT2D eigenvalue weighted by molar-refractivity contribution is 0.636. The third-order valence-corrected chi connectivity index (χ3v) is 3.33. The number of rotatable bonds is 4. The fourth-order valence-corrected chi connectivity index (χ4v) is 2.14. The van der Waals surface area contributed by atoms with Gasteiger partial charge in [0.25, 0.3) is 0 Å². The molecule has 0 aliphatic heterocycles. The van der Waals surface area contributed by atoms with Gasteiger partial charge in [0, 0.05) is 23.8 Å². The zero-order valence-corrected chi connectivity index (χ0v) is 10.9. The molecule has 0 radical (unpaired) electrons. The maximum Gasteiger partial charge on any atom is 0.193 e. The van der Waals surface area contributed by atoms with Crippen molar-refractivity contribution in [3.05, 3.63) is 23.5 Å². The van der Waals surface area contributed by atoms with Crippen molar-refractivity contribution in [3.63, 3.8) is 0 Å². The summed E-state index contributed by atoms with van der Waals surface area (Å²) in [5, 5.41) is 5.13. The smallest absolute Gasteiger partial charge is 0.193 e. The first-order valence-electron chi connectivity index (χ1n) is 5.66. The van der Waals surface area contributed by atoms with Gasteiger partial charge >= 0.3 is 0 Å². The van der Waals surface area contributed by atoms with Gasteiger partial charge in [-0.25, -0.2) is 9.98 Å². The molecular weight excluding hydrogens is 234 g/mol. The number of guanidine groups is 1. The summed E-state index contributed by atoms with van der Waals surface area (Å²) >= 11 is 1.61. The monoisotopic (exact) mass is 251 g/mol. The van der Waals surface area contributed by atoms with E-state index in [2.05, 4.69) is 29.1 Å². The molecule has 2 rings (SSSR count). The fraction of sp³-hybridized carbons (Fsp3) is 0.455. The summed E-state index contributed by atoms with van der Waals surface area (Å²) in [7, 11) is 0. The van der Waals surface area contributed by atoms with Crippen LogP contribution in [0.5, 0.6) is 0 Å². The van der Waals surface area contributed by atoms with Gasteiger partial charge in [0.05, 0.1) is 12.2 Å². The summed E-state index contributed by atoms with van der Waals surface area (Å²) in [6.45, 7) is 4.70. The number of nitrogens with zero attached hydrogens (tertiary/aromatic N) is 3. The lowest BCUT2D eigenvalue weighted by Crippen LogP contribution is -2.38. The van der Waals surface area contributed by atoms with Crippen LogP contribution in [0, 0.1) is 0 Å². The third kappa shape index (κ3) is 2.97. The minimum absolute atomic E-state index is 0.351. The first kappa shape index (κ1) is 11.9. The van der Waals surface area contributed by atoms with Gasteiger partial charge in [0.15, 0.2) is 10.9 Å². The van der Waals surface area contributed by atoms with Gasteiger partial charge in [0.2, 0.25) is 0 Å². The molecule has 92 valence electrons. The van der Waals surface area contributed by atoms with E-state index in [1.165, 1.54) is 0 Å². The number of thiazole rings is 1. The predicted molar refractivity (Wildman–Crippen MR) is 71.3 cm³/mol. The van der Waals surface area contributed by atoms with Crippen LogP contribution in [0.25, 0.3) is 4.96 Å². The number of aliphatic imine (C=N–C) groups is 1. The van der Waals surface area contributed by atoms with Crippen LogP contribution in [0.1, 0.15) is 26.0 Å². The number of aromatic nitrogens is 2. The van der Waals surface area contributed by atoms with Gasteiger partial charge < -0.3 is 11.1 Å². The van der Waals surface area contributed by atoms with Gasteiger partial charge in [-0.3, -0.25) is 4.40 Å². The van der Waals surface area contributed by atoms with E-state index in [4.69, 9.17) is 5.73 Å². The molecule has 0 saturated heterocycles. The van der Waals surface area contributed by atoms with Crippen molar-refractivity contribution < 1.29 is 0 Å². The minimum atomic E-state index is 0.351. The summed E-state index contributed by atoms with van der Waals surface area (Å²) in [6, 6.07) is 0.351. The molecule has 0 saturated carbocycles. The average molecular weight is 251 g/mol. The van der Waals surface area contributed by atoms with E-state index >= 15 is 0 Å². The molecule has 0 aromatic carbocycles. The quantitative estimate of drug-likeness (QED) is 0.640. The van der Waals surface area contributed by atoms with Crippen LogP contribution in [-0.2, 0) is 6.54 Å². The average Bonchev–Trinajstić information content (AvgIpc) is 2.86. The Morgan fingerprint density at radius 3 is 3.24 bits per heavy atom. The Bertz CT molecular complexity index is 484. The summed E-state index contributed by atoms with van der Waals surface area (Å²) in [6.07, 6.45) is 4.99. The maximum atomic E-state index is 5.77. The number of nitrogens with two attached hydrogens (primary N) is 1. The number of fused-ring (bicyclic) bond motifs is 1. The lowest BCUT2D eigenvalue weighted by Gasteiger charge is -2.11. The molecule has 2 heterocycles. The van der Waals surface area contributed by atoms with E-state index in [9.17, 15) is 0 Å². The molecule has 0 amide bonds. The van der Waals surface area contributed by atoms with Crippen LogP contribution in [0.3, 0.4) is 0 Å². The van der Waals surface area contributed by atoms with Crippen molar-refractivity contribution in [1.82, 2.24) is 14.7 Å². The van der Waals surface area contributed by atoms with Crippen molar-refractivity contribution in [2.75, 3.05) is 0 Å². The van der Waals surface area contributed by atoms with E-state index in [0.717, 1.165) is 17.1 Å². The largest absolute Gasteiger partial charge is 0.370 e. The van der Waals surface area contributed by atoms with Crippen molar-refractivity contribution in [1.29, 1.82) is 0 Å². The highest BCUT2D eigenvalue weighted by molar-refractivity contribution is 7.15. The Hall–Kier alpha value is -1.56. The van der Waals surface area contributed by atoms with E-state index in [-0.39, 0.29) is 0 Å². The van der Waals surface area contributed by atoms with E-state index in [0.29, 0.717) is 18.5 Å². The summed E-state index contributed by atoms with van der Waals surface area (Å²) in [5.74, 6) is 0.482. The Balaban J connectivity index is 1.97. The van der Waals surface area contributed by atoms with Gasteiger partial charge in [-0.1, -0.05) is 6.92 Å². The van der Waals surface area contributed by atoms with E-state index in [1.807, 2.05) is 22.2 Å². The number of hydrogen-bond acceptors (Lipinski definition) is 3. The third-order valence-electron chi connectivity index (χ3n) is 2.56.